The predicted octanol–water partition coefficient (Wildman–Crippen LogP) is 18.6. The number of benzene rings is 10. The van der Waals surface area contributed by atoms with Gasteiger partial charge in [0.05, 0.1) is 16.7 Å². The van der Waals surface area contributed by atoms with E-state index in [4.69, 9.17) is 9.97 Å². The summed E-state index contributed by atoms with van der Waals surface area (Å²) in [6.07, 6.45) is 4.48. The van der Waals surface area contributed by atoms with Gasteiger partial charge in [-0.3, -0.25) is 4.57 Å². The van der Waals surface area contributed by atoms with Crippen LogP contribution in [-0.2, 0) is 10.8 Å². The van der Waals surface area contributed by atoms with Gasteiger partial charge in [-0.25, -0.2) is 9.97 Å². The van der Waals surface area contributed by atoms with E-state index in [1.165, 1.54) is 99.1 Å². The summed E-state index contributed by atoms with van der Waals surface area (Å²) in [6, 6.07) is 73.9. The first-order valence-corrected chi connectivity index (χ1v) is 25.7. The molecule has 0 spiro atoms. The van der Waals surface area contributed by atoms with Gasteiger partial charge in [-0.2, -0.15) is 0 Å². The maximum atomic E-state index is 5.58. The molecule has 3 nitrogen and oxygen atoms in total. The molecule has 0 unspecified atom stereocenters. The van der Waals surface area contributed by atoms with Crippen LogP contribution in [-0.4, -0.2) is 14.5 Å². The van der Waals surface area contributed by atoms with Crippen molar-refractivity contribution in [3.05, 3.63) is 240 Å². The summed E-state index contributed by atoms with van der Waals surface area (Å²) in [6.45, 7) is 13.9. The minimum Gasteiger partial charge on any atom is -0.290 e. The number of nitrogens with zero attached hydrogens (tertiary/aromatic N) is 3. The molecule has 12 aromatic rings. The molecule has 0 atom stereocenters. The third-order valence-electron chi connectivity index (χ3n) is 16.5. The van der Waals surface area contributed by atoms with Crippen LogP contribution in [0.1, 0.15) is 63.8 Å². The lowest BCUT2D eigenvalue weighted by Gasteiger charge is -2.24. The maximum Gasteiger partial charge on any atom is 0.164 e. The van der Waals surface area contributed by atoms with E-state index in [1.807, 2.05) is 0 Å². The fourth-order valence-corrected chi connectivity index (χ4v) is 13.1. The molecule has 2 heterocycles. The zero-order chi connectivity index (χ0) is 49.3. The number of rotatable bonds is 6. The van der Waals surface area contributed by atoms with Crippen molar-refractivity contribution < 1.29 is 0 Å². The lowest BCUT2D eigenvalue weighted by molar-refractivity contribution is 0.654. The minimum absolute atomic E-state index is 0.0804. The van der Waals surface area contributed by atoms with Crippen LogP contribution in [0.15, 0.2) is 218 Å². The van der Waals surface area contributed by atoms with Crippen molar-refractivity contribution >= 4 is 59.7 Å². The molecule has 0 saturated heterocycles. The van der Waals surface area contributed by atoms with E-state index >= 15 is 0 Å². The second-order valence-electron chi connectivity index (χ2n) is 21.2. The largest absolute Gasteiger partial charge is 0.290 e. The van der Waals surface area contributed by atoms with Crippen LogP contribution in [0.4, 0.5) is 0 Å². The Kier molecular flexibility index (Phi) is 9.41. The Bertz CT molecular complexity index is 4390. The SMILES string of the molecule is C/C=C\C1=C(C)c2cc(-c3c4ccccc4c(-c4ccc5c(c4)-c4ccccc4C5(C)C)c4ccc(-c5cccc(-c6nc7c8ccccc8c8ccccc8c7n6-c6ccccc6)n5)cc34)ccc2C1(C)C. The van der Waals surface area contributed by atoms with Gasteiger partial charge in [-0.05, 0) is 155 Å². The van der Waals surface area contributed by atoms with Gasteiger partial charge in [0.1, 0.15) is 5.69 Å². The second-order valence-corrected chi connectivity index (χ2v) is 21.2. The lowest BCUT2D eigenvalue weighted by atomic mass is 9.80. The van der Waals surface area contributed by atoms with Crippen molar-refractivity contribution in [2.24, 2.45) is 0 Å². The van der Waals surface area contributed by atoms with Crippen LogP contribution in [0, 0.1) is 0 Å². The van der Waals surface area contributed by atoms with Crippen molar-refractivity contribution in [1.29, 1.82) is 0 Å². The van der Waals surface area contributed by atoms with Crippen LogP contribution in [0.25, 0.3) is 122 Å². The van der Waals surface area contributed by atoms with Gasteiger partial charge in [-0.1, -0.05) is 198 Å². The average Bonchev–Trinajstić information content (AvgIpc) is 4.01. The molecule has 348 valence electrons. The number of hydrogen-bond donors (Lipinski definition) is 0. The number of para-hydroxylation sites is 1. The minimum atomic E-state index is -0.0929. The Hall–Kier alpha value is -8.66. The Balaban J connectivity index is 1.02. The molecule has 10 aromatic carbocycles. The number of allylic oxidation sites excluding steroid dienone is 4. The molecule has 0 fully saturated rings. The third kappa shape index (κ3) is 6.25. The molecule has 0 N–H and O–H groups in total. The summed E-state index contributed by atoms with van der Waals surface area (Å²) in [5.41, 5.74) is 21.4. The number of aromatic nitrogens is 3. The van der Waals surface area contributed by atoms with E-state index < -0.39 is 0 Å². The number of hydrogen-bond acceptors (Lipinski definition) is 2. The fraction of sp³-hybridized carbons (Fsp3) is 0.114. The zero-order valence-electron chi connectivity index (χ0n) is 42.0. The Morgan fingerprint density at radius 2 is 0.959 bits per heavy atom. The van der Waals surface area contributed by atoms with Gasteiger partial charge in [0.25, 0.3) is 0 Å². The average molecular weight is 936 g/mol. The lowest BCUT2D eigenvalue weighted by Crippen LogP contribution is -2.16. The normalized spacial score (nSPS) is 14.5. The molecule has 2 aliphatic carbocycles. The third-order valence-corrected chi connectivity index (χ3v) is 16.5. The highest BCUT2D eigenvalue weighted by atomic mass is 15.1. The van der Waals surface area contributed by atoms with Crippen molar-refractivity contribution in [1.82, 2.24) is 14.5 Å². The summed E-state index contributed by atoms with van der Waals surface area (Å²) in [5.74, 6) is 0.808. The van der Waals surface area contributed by atoms with Crippen LogP contribution >= 0.6 is 0 Å². The topological polar surface area (TPSA) is 30.7 Å². The standard InChI is InChI=1S/C70H53N3/c1-7-20-58-42(2)55-40-44(34-37-60(55)69(58,3)4)65-51-27-14-13-26-50(51)64(45-35-38-61-56(41-45)49-25-17-18-30-59(49)70(61,5)6)52-36-33-43(39-57(52)65)62-31-19-32-63(71-62)68-72-66-53-28-15-11-23-47(53)48-24-12-16-29-54(48)67(66)73(68)46-21-9-8-10-22-46/h7-41H,1-6H3/b20-7-. The molecular weight excluding hydrogens is 883 g/mol. The maximum absolute atomic E-state index is 5.58. The summed E-state index contributed by atoms with van der Waals surface area (Å²) in [5, 5.41) is 9.58. The molecule has 73 heavy (non-hydrogen) atoms. The Labute approximate surface area is 426 Å². The van der Waals surface area contributed by atoms with Crippen LogP contribution in [0.3, 0.4) is 0 Å². The predicted molar refractivity (Wildman–Crippen MR) is 309 cm³/mol. The van der Waals surface area contributed by atoms with Gasteiger partial charge in [0, 0.05) is 32.9 Å². The number of fused-ring (bicyclic) bond motifs is 12. The molecule has 14 rings (SSSR count). The van der Waals surface area contributed by atoms with Crippen LogP contribution < -0.4 is 0 Å². The van der Waals surface area contributed by atoms with Gasteiger partial charge in [0.2, 0.25) is 0 Å². The van der Waals surface area contributed by atoms with Gasteiger partial charge in [0.15, 0.2) is 5.82 Å². The van der Waals surface area contributed by atoms with Crippen molar-refractivity contribution in [2.45, 2.75) is 52.4 Å². The van der Waals surface area contributed by atoms with E-state index in [2.05, 4.69) is 258 Å². The van der Waals surface area contributed by atoms with E-state index in [0.717, 1.165) is 50.3 Å². The smallest absolute Gasteiger partial charge is 0.164 e. The van der Waals surface area contributed by atoms with Crippen LogP contribution in [0.5, 0.6) is 0 Å². The summed E-state index contributed by atoms with van der Waals surface area (Å²) in [7, 11) is 0. The molecule has 2 aromatic heterocycles. The molecule has 0 saturated carbocycles. The summed E-state index contributed by atoms with van der Waals surface area (Å²) < 4.78 is 2.32. The number of pyridine rings is 1. The van der Waals surface area contributed by atoms with Crippen molar-refractivity contribution in [3.8, 4) is 61.8 Å². The molecule has 0 radical (unpaired) electrons. The van der Waals surface area contributed by atoms with Crippen LogP contribution in [0.2, 0.25) is 0 Å². The summed E-state index contributed by atoms with van der Waals surface area (Å²) >= 11 is 0. The Morgan fingerprint density at radius 1 is 0.411 bits per heavy atom. The van der Waals surface area contributed by atoms with E-state index in [0.29, 0.717) is 0 Å². The van der Waals surface area contributed by atoms with Crippen molar-refractivity contribution in [3.63, 3.8) is 0 Å². The van der Waals surface area contributed by atoms with E-state index in [1.54, 1.807) is 0 Å². The first-order chi connectivity index (χ1) is 35.6. The number of imidazole rings is 1. The quantitative estimate of drug-likeness (QED) is 0.123. The first kappa shape index (κ1) is 43.2. The Morgan fingerprint density at radius 3 is 1.68 bits per heavy atom. The molecule has 0 amide bonds. The molecule has 0 aliphatic heterocycles. The monoisotopic (exact) mass is 935 g/mol. The molecule has 2 aliphatic rings. The van der Waals surface area contributed by atoms with Gasteiger partial charge in [-0.15, -0.1) is 0 Å². The summed E-state index contributed by atoms with van der Waals surface area (Å²) in [4.78, 5) is 11.1. The van der Waals surface area contributed by atoms with Gasteiger partial charge >= 0.3 is 0 Å². The van der Waals surface area contributed by atoms with Gasteiger partial charge < -0.3 is 0 Å². The van der Waals surface area contributed by atoms with Crippen molar-refractivity contribution in [2.75, 3.05) is 0 Å². The zero-order valence-corrected chi connectivity index (χ0v) is 42.0. The van der Waals surface area contributed by atoms with E-state index in [-0.39, 0.29) is 10.8 Å². The first-order valence-electron chi connectivity index (χ1n) is 25.7. The van der Waals surface area contributed by atoms with E-state index in [9.17, 15) is 0 Å². The highest BCUT2D eigenvalue weighted by Crippen LogP contribution is 2.53. The molecule has 3 heteroatoms. The second kappa shape index (κ2) is 15.9. The highest BCUT2D eigenvalue weighted by Gasteiger charge is 2.37. The fourth-order valence-electron chi connectivity index (χ4n) is 13.1. The molecular formula is C70H53N3. The molecule has 0 bridgehead atoms. The highest BCUT2D eigenvalue weighted by molar-refractivity contribution is 6.25.